The summed E-state index contributed by atoms with van der Waals surface area (Å²) in [5, 5.41) is 2.85. The van der Waals surface area contributed by atoms with E-state index >= 15 is 0 Å². The maximum atomic E-state index is 12.4. The maximum Gasteiger partial charge on any atom is 0.329 e. The summed E-state index contributed by atoms with van der Waals surface area (Å²) in [7, 11) is 1.70. The van der Waals surface area contributed by atoms with Gasteiger partial charge in [0.15, 0.2) is 11.5 Å². The van der Waals surface area contributed by atoms with Gasteiger partial charge in [-0.15, -0.1) is 0 Å². The first-order valence-electron chi connectivity index (χ1n) is 8.43. The van der Waals surface area contributed by atoms with Gasteiger partial charge in [0.2, 0.25) is 5.91 Å². The van der Waals surface area contributed by atoms with E-state index < -0.39 is 0 Å². The average Bonchev–Trinajstić information content (AvgIpc) is 2.91. The molecule has 0 aliphatic carbocycles. The van der Waals surface area contributed by atoms with Crippen molar-refractivity contribution in [1.82, 2.24) is 14.5 Å². The van der Waals surface area contributed by atoms with E-state index in [0.29, 0.717) is 31.3 Å². The lowest BCUT2D eigenvalue weighted by Crippen LogP contribution is -2.32. The van der Waals surface area contributed by atoms with E-state index in [4.69, 9.17) is 9.47 Å². The van der Waals surface area contributed by atoms with E-state index in [2.05, 4.69) is 5.32 Å². The van der Waals surface area contributed by atoms with Gasteiger partial charge in [0, 0.05) is 13.6 Å². The van der Waals surface area contributed by atoms with Crippen LogP contribution in [0.15, 0.2) is 47.3 Å². The van der Waals surface area contributed by atoms with Gasteiger partial charge in [-0.2, -0.15) is 0 Å². The first-order chi connectivity index (χ1) is 12.6. The lowest BCUT2D eigenvalue weighted by Gasteiger charge is -2.19. The van der Waals surface area contributed by atoms with Crippen molar-refractivity contribution in [3.05, 3.63) is 58.5 Å². The molecule has 7 nitrogen and oxygen atoms in total. The zero-order valence-electron chi connectivity index (χ0n) is 14.4. The van der Waals surface area contributed by atoms with Crippen molar-refractivity contribution >= 4 is 16.9 Å². The third-order valence-electron chi connectivity index (χ3n) is 4.45. The lowest BCUT2D eigenvalue weighted by molar-refractivity contribution is -0.121. The second kappa shape index (κ2) is 6.59. The molecule has 2 aromatic carbocycles. The topological polar surface area (TPSA) is 74.5 Å². The number of aryl methyl sites for hydroxylation is 1. The van der Waals surface area contributed by atoms with Crippen molar-refractivity contribution < 1.29 is 14.3 Å². The minimum Gasteiger partial charge on any atom is -0.486 e. The fourth-order valence-corrected chi connectivity index (χ4v) is 3.11. The van der Waals surface area contributed by atoms with Crippen LogP contribution in [-0.2, 0) is 24.9 Å². The number of rotatable bonds is 4. The molecule has 26 heavy (non-hydrogen) atoms. The van der Waals surface area contributed by atoms with Crippen LogP contribution in [-0.4, -0.2) is 28.3 Å². The Morgan fingerprint density at radius 2 is 1.81 bits per heavy atom. The molecular weight excluding hydrogens is 334 g/mol. The highest BCUT2D eigenvalue weighted by Crippen LogP contribution is 2.30. The van der Waals surface area contributed by atoms with Crippen LogP contribution in [0.5, 0.6) is 11.5 Å². The number of nitrogens with zero attached hydrogens (tertiary/aromatic N) is 2. The number of nitrogens with one attached hydrogen (secondary N) is 1. The number of fused-ring (bicyclic) bond motifs is 2. The van der Waals surface area contributed by atoms with Crippen LogP contribution in [0.4, 0.5) is 0 Å². The molecule has 0 atom stereocenters. The van der Waals surface area contributed by atoms with Crippen LogP contribution >= 0.6 is 0 Å². The number of ether oxygens (including phenoxy) is 2. The first kappa shape index (κ1) is 16.3. The standard InChI is InChI=1S/C19H19N3O4/c1-21-14-4-2-3-5-15(14)22(19(21)24)12-18(23)20-11-13-6-7-16-17(10-13)26-9-8-25-16/h2-7,10H,8-9,11-12H2,1H3,(H,20,23). The van der Waals surface area contributed by atoms with Gasteiger partial charge in [0.05, 0.1) is 11.0 Å². The average molecular weight is 353 g/mol. The Labute approximate surface area is 149 Å². The second-order valence-electron chi connectivity index (χ2n) is 6.17. The Hall–Kier alpha value is -3.22. The summed E-state index contributed by atoms with van der Waals surface area (Å²) in [6, 6.07) is 13.0. The van der Waals surface area contributed by atoms with Crippen LogP contribution < -0.4 is 20.5 Å². The highest BCUT2D eigenvalue weighted by molar-refractivity contribution is 5.80. The van der Waals surface area contributed by atoms with E-state index in [1.54, 1.807) is 11.6 Å². The smallest absolute Gasteiger partial charge is 0.329 e. The van der Waals surface area contributed by atoms with Crippen LogP contribution in [0, 0.1) is 0 Å². The summed E-state index contributed by atoms with van der Waals surface area (Å²) in [5.41, 5.74) is 2.25. The first-order valence-corrected chi connectivity index (χ1v) is 8.43. The maximum absolute atomic E-state index is 12.4. The predicted molar refractivity (Wildman–Crippen MR) is 96.5 cm³/mol. The third-order valence-corrected chi connectivity index (χ3v) is 4.45. The number of amides is 1. The third kappa shape index (κ3) is 2.92. The highest BCUT2D eigenvalue weighted by atomic mass is 16.6. The molecule has 4 rings (SSSR count). The van der Waals surface area contributed by atoms with Crippen LogP contribution in [0.25, 0.3) is 11.0 Å². The molecule has 0 saturated carbocycles. The van der Waals surface area contributed by atoms with Crippen LogP contribution in [0.1, 0.15) is 5.56 Å². The molecule has 1 aromatic heterocycles. The molecule has 1 amide bonds. The molecule has 0 saturated heterocycles. The summed E-state index contributed by atoms with van der Waals surface area (Å²) < 4.78 is 14.1. The summed E-state index contributed by atoms with van der Waals surface area (Å²) in [4.78, 5) is 24.7. The summed E-state index contributed by atoms with van der Waals surface area (Å²) >= 11 is 0. The quantitative estimate of drug-likeness (QED) is 0.770. The minimum absolute atomic E-state index is 0.0231. The SMILES string of the molecule is Cn1c(=O)n(CC(=O)NCc2ccc3c(c2)OCCO3)c2ccccc21. The minimum atomic E-state index is -0.224. The molecule has 7 heteroatoms. The Kier molecular flexibility index (Phi) is 4.12. The molecule has 0 radical (unpaired) electrons. The van der Waals surface area contributed by atoms with Gasteiger partial charge in [0.25, 0.3) is 0 Å². The molecule has 2 heterocycles. The predicted octanol–water partition coefficient (Wildman–Crippen LogP) is 1.43. The number of imidazole rings is 1. The van der Waals surface area contributed by atoms with E-state index in [1.807, 2.05) is 42.5 Å². The molecule has 0 unspecified atom stereocenters. The van der Waals surface area contributed by atoms with Crippen molar-refractivity contribution in [2.24, 2.45) is 7.05 Å². The molecule has 0 bridgehead atoms. The number of aromatic nitrogens is 2. The van der Waals surface area contributed by atoms with E-state index in [9.17, 15) is 9.59 Å². The Balaban J connectivity index is 1.47. The van der Waals surface area contributed by atoms with E-state index in [-0.39, 0.29) is 18.1 Å². The molecule has 134 valence electrons. The van der Waals surface area contributed by atoms with E-state index in [1.165, 1.54) is 4.57 Å². The number of carbonyl (C=O) groups is 1. The van der Waals surface area contributed by atoms with Crippen molar-refractivity contribution in [2.75, 3.05) is 13.2 Å². The normalized spacial score (nSPS) is 13.0. The van der Waals surface area contributed by atoms with Crippen molar-refractivity contribution in [3.63, 3.8) is 0 Å². The fraction of sp³-hybridized carbons (Fsp3) is 0.263. The van der Waals surface area contributed by atoms with Crippen molar-refractivity contribution in [1.29, 1.82) is 0 Å². The molecule has 1 aliphatic heterocycles. The molecule has 0 spiro atoms. The zero-order chi connectivity index (χ0) is 18.1. The van der Waals surface area contributed by atoms with Crippen molar-refractivity contribution in [3.8, 4) is 11.5 Å². The largest absolute Gasteiger partial charge is 0.486 e. The number of benzene rings is 2. The lowest BCUT2D eigenvalue weighted by atomic mass is 10.2. The summed E-state index contributed by atoms with van der Waals surface area (Å²) in [5.74, 6) is 1.18. The molecule has 1 aliphatic rings. The summed E-state index contributed by atoms with van der Waals surface area (Å²) in [6.07, 6.45) is 0. The number of hydrogen-bond donors (Lipinski definition) is 1. The van der Waals surface area contributed by atoms with Gasteiger partial charge in [-0.05, 0) is 29.8 Å². The van der Waals surface area contributed by atoms with Gasteiger partial charge in [-0.25, -0.2) is 4.79 Å². The monoisotopic (exact) mass is 353 g/mol. The molecule has 0 fully saturated rings. The number of carbonyl (C=O) groups excluding carboxylic acids is 1. The Morgan fingerprint density at radius 1 is 1.08 bits per heavy atom. The van der Waals surface area contributed by atoms with Gasteiger partial charge >= 0.3 is 5.69 Å². The molecule has 3 aromatic rings. The Morgan fingerprint density at radius 3 is 2.62 bits per heavy atom. The highest BCUT2D eigenvalue weighted by Gasteiger charge is 2.14. The van der Waals surface area contributed by atoms with Crippen LogP contribution in [0.3, 0.4) is 0 Å². The van der Waals surface area contributed by atoms with Gasteiger partial charge < -0.3 is 14.8 Å². The Bertz CT molecular complexity index is 1030. The summed E-state index contributed by atoms with van der Waals surface area (Å²) in [6.45, 7) is 1.40. The van der Waals surface area contributed by atoms with Gasteiger partial charge in [-0.1, -0.05) is 18.2 Å². The molecule has 1 N–H and O–H groups in total. The number of para-hydroxylation sites is 2. The fourth-order valence-electron chi connectivity index (χ4n) is 3.11. The van der Waals surface area contributed by atoms with Gasteiger partial charge in [-0.3, -0.25) is 13.9 Å². The molecular formula is C19H19N3O4. The van der Waals surface area contributed by atoms with E-state index in [0.717, 1.165) is 16.6 Å². The second-order valence-corrected chi connectivity index (χ2v) is 6.17. The van der Waals surface area contributed by atoms with Crippen LogP contribution in [0.2, 0.25) is 0 Å². The zero-order valence-corrected chi connectivity index (χ0v) is 14.4. The van der Waals surface area contributed by atoms with Crippen molar-refractivity contribution in [2.45, 2.75) is 13.1 Å². The number of hydrogen-bond acceptors (Lipinski definition) is 4. The van der Waals surface area contributed by atoms with Gasteiger partial charge in [0.1, 0.15) is 19.8 Å².